The summed E-state index contributed by atoms with van der Waals surface area (Å²) in [5, 5.41) is 88.0. The number of nitrogens with one attached hydrogen (secondary N) is 3. The normalized spacial score (nSPS) is 34.2. The van der Waals surface area contributed by atoms with E-state index in [1.807, 2.05) is 0 Å². The molecule has 44 heavy (non-hydrogen) atoms. The Morgan fingerprint density at radius 2 is 1.52 bits per heavy atom. The molecule has 2 aliphatic rings. The number of ether oxygens (including phenoxy) is 4. The standard InChI is InChI=1S/C24H39N3O17/c1-8(29)25-11(21(37)38)6-41-22-16(27-10(3)31)19(36)18(35)14(43-22)7-42-24(23(39)40)4-12(32)15(26-9(2)30)20(44-24)17(34)13(33)5-28/h11-20,22,28,32-36H,4-7H2,1-3H3,(H,25,29)(H,26,30)(H,27,31)(H,37,38)(H,39,40)/t11-,12-,13+,14+,15-,16-,17+,18+,19+,20+,22+,24+/m0/s1. The number of hydrogen-bond donors (Lipinski definition) is 11. The Kier molecular flexibility index (Phi) is 13.3. The van der Waals surface area contributed by atoms with Crippen molar-refractivity contribution in [3.63, 3.8) is 0 Å². The van der Waals surface area contributed by atoms with Crippen molar-refractivity contribution in [1.82, 2.24) is 16.0 Å². The van der Waals surface area contributed by atoms with Gasteiger partial charge < -0.3 is 75.8 Å². The largest absolute Gasteiger partial charge is 0.480 e. The second-order valence-electron chi connectivity index (χ2n) is 10.4. The highest BCUT2D eigenvalue weighted by Gasteiger charge is 2.57. The summed E-state index contributed by atoms with van der Waals surface area (Å²) in [7, 11) is 0. The van der Waals surface area contributed by atoms with Gasteiger partial charge in [-0.3, -0.25) is 14.4 Å². The lowest BCUT2D eigenvalue weighted by Crippen LogP contribution is -2.69. The molecule has 252 valence electrons. The molecule has 20 nitrogen and oxygen atoms in total. The lowest BCUT2D eigenvalue weighted by atomic mass is 9.88. The van der Waals surface area contributed by atoms with E-state index in [9.17, 15) is 64.8 Å². The maximum atomic E-state index is 12.4. The van der Waals surface area contributed by atoms with E-state index < -0.39 is 129 Å². The van der Waals surface area contributed by atoms with Gasteiger partial charge >= 0.3 is 11.9 Å². The highest BCUT2D eigenvalue weighted by atomic mass is 16.7. The Labute approximate surface area is 249 Å². The lowest BCUT2D eigenvalue weighted by molar-refractivity contribution is -0.330. The molecule has 2 rings (SSSR count). The second kappa shape index (κ2) is 15.8. The summed E-state index contributed by atoms with van der Waals surface area (Å²) in [6.07, 6.45) is -15.5. The minimum absolute atomic E-state index is 0.706. The van der Waals surface area contributed by atoms with Crippen LogP contribution in [0, 0.1) is 0 Å². The van der Waals surface area contributed by atoms with Crippen LogP contribution in [-0.4, -0.2) is 163 Å². The number of carboxylic acids is 2. The topological polar surface area (TPSA) is 320 Å². The van der Waals surface area contributed by atoms with Gasteiger partial charge in [0.2, 0.25) is 17.7 Å². The van der Waals surface area contributed by atoms with Crippen molar-refractivity contribution in [2.24, 2.45) is 0 Å². The van der Waals surface area contributed by atoms with Crippen molar-refractivity contribution in [3.8, 4) is 0 Å². The first kappa shape index (κ1) is 37.1. The van der Waals surface area contributed by atoms with E-state index >= 15 is 0 Å². The predicted octanol–water partition coefficient (Wildman–Crippen LogP) is -6.29. The molecule has 0 radical (unpaired) electrons. The Morgan fingerprint density at radius 3 is 2.02 bits per heavy atom. The molecule has 20 heteroatoms. The van der Waals surface area contributed by atoms with E-state index in [2.05, 4.69) is 16.0 Å². The van der Waals surface area contributed by atoms with Gasteiger partial charge in [-0.25, -0.2) is 9.59 Å². The van der Waals surface area contributed by atoms with Gasteiger partial charge in [-0.1, -0.05) is 0 Å². The van der Waals surface area contributed by atoms with Gasteiger partial charge in [0.25, 0.3) is 5.79 Å². The maximum absolute atomic E-state index is 12.4. The van der Waals surface area contributed by atoms with Crippen molar-refractivity contribution >= 4 is 29.7 Å². The number of carboxylic acid groups (broad SMARTS) is 2. The Bertz CT molecular complexity index is 1050. The van der Waals surface area contributed by atoms with Gasteiger partial charge in [0.15, 0.2) is 12.3 Å². The van der Waals surface area contributed by atoms with Crippen LogP contribution in [0.5, 0.6) is 0 Å². The Balaban J connectivity index is 2.33. The average molecular weight is 642 g/mol. The van der Waals surface area contributed by atoms with E-state index in [1.165, 1.54) is 0 Å². The zero-order valence-corrected chi connectivity index (χ0v) is 23.9. The van der Waals surface area contributed by atoms with Crippen LogP contribution in [0.25, 0.3) is 0 Å². The molecule has 2 fully saturated rings. The molecule has 0 aromatic heterocycles. The lowest BCUT2D eigenvalue weighted by Gasteiger charge is -2.47. The summed E-state index contributed by atoms with van der Waals surface area (Å²) in [4.78, 5) is 58.7. The summed E-state index contributed by atoms with van der Waals surface area (Å²) >= 11 is 0. The van der Waals surface area contributed by atoms with Crippen LogP contribution in [0.3, 0.4) is 0 Å². The molecule has 0 spiro atoms. The van der Waals surface area contributed by atoms with Crippen molar-refractivity contribution in [2.45, 2.75) is 100 Å². The van der Waals surface area contributed by atoms with Gasteiger partial charge in [0, 0.05) is 27.2 Å². The summed E-state index contributed by atoms with van der Waals surface area (Å²) in [5.74, 6) is -8.30. The van der Waals surface area contributed by atoms with E-state index in [0.717, 1.165) is 20.8 Å². The first-order valence-corrected chi connectivity index (χ1v) is 13.3. The van der Waals surface area contributed by atoms with Crippen molar-refractivity contribution < 1.29 is 83.8 Å². The fraction of sp³-hybridized carbons (Fsp3) is 0.792. The monoisotopic (exact) mass is 641 g/mol. The van der Waals surface area contributed by atoms with Crippen LogP contribution in [-0.2, 0) is 42.9 Å². The molecule has 0 aromatic rings. The summed E-state index contributed by atoms with van der Waals surface area (Å²) in [5.41, 5.74) is 0. The quantitative estimate of drug-likeness (QED) is 0.0840. The molecule has 3 amide bonds. The molecule has 0 saturated carbocycles. The number of amides is 3. The van der Waals surface area contributed by atoms with E-state index in [1.54, 1.807) is 0 Å². The van der Waals surface area contributed by atoms with Crippen molar-refractivity contribution in [1.29, 1.82) is 0 Å². The second-order valence-corrected chi connectivity index (χ2v) is 10.4. The SMILES string of the molecule is CC(=O)N[C@@H]1[C@H](OC[C@H](NC(C)=O)C(=O)O)O[C@H](CO[C@]2(C(=O)O)C[C@H](O)[C@H](NC(C)=O)[C@H]([C@H](O)[C@H](O)CO)O2)[C@@H](O)[C@@H]1O. The average Bonchev–Trinajstić information content (AvgIpc) is 2.93. The fourth-order valence-corrected chi connectivity index (χ4v) is 4.70. The molecule has 11 N–H and O–H groups in total. The summed E-state index contributed by atoms with van der Waals surface area (Å²) in [6.45, 7) is 0.509. The number of hydrogen-bond acceptors (Lipinski definition) is 15. The van der Waals surface area contributed by atoms with E-state index in [4.69, 9.17) is 18.9 Å². The third-order valence-corrected chi connectivity index (χ3v) is 6.84. The van der Waals surface area contributed by atoms with Gasteiger partial charge in [0.05, 0.1) is 32.0 Å². The van der Waals surface area contributed by atoms with Crippen LogP contribution in [0.15, 0.2) is 0 Å². The van der Waals surface area contributed by atoms with Gasteiger partial charge in [0.1, 0.15) is 42.7 Å². The molecule has 0 bridgehead atoms. The van der Waals surface area contributed by atoms with Crippen molar-refractivity contribution in [3.05, 3.63) is 0 Å². The highest BCUT2D eigenvalue weighted by Crippen LogP contribution is 2.34. The number of aliphatic hydroxyl groups is 6. The molecule has 0 aliphatic carbocycles. The Hall–Kier alpha value is -3.05. The molecule has 0 aromatic carbocycles. The first-order valence-electron chi connectivity index (χ1n) is 13.3. The number of aliphatic carboxylic acids is 2. The zero-order chi connectivity index (χ0) is 33.5. The van der Waals surface area contributed by atoms with E-state index in [-0.39, 0.29) is 0 Å². The fourth-order valence-electron chi connectivity index (χ4n) is 4.70. The minimum atomic E-state index is -2.81. The molecule has 0 unspecified atom stereocenters. The van der Waals surface area contributed by atoms with Crippen LogP contribution >= 0.6 is 0 Å². The molecule has 12 atom stereocenters. The first-order chi connectivity index (χ1) is 20.4. The van der Waals surface area contributed by atoms with Gasteiger partial charge in [-0.05, 0) is 0 Å². The minimum Gasteiger partial charge on any atom is -0.480 e. The maximum Gasteiger partial charge on any atom is 0.364 e. The number of carbonyl (C=O) groups is 5. The predicted molar refractivity (Wildman–Crippen MR) is 138 cm³/mol. The van der Waals surface area contributed by atoms with Crippen molar-refractivity contribution in [2.75, 3.05) is 19.8 Å². The number of carbonyl (C=O) groups excluding carboxylic acids is 3. The summed E-state index contributed by atoms with van der Waals surface area (Å²) in [6, 6.07) is -4.54. The van der Waals surface area contributed by atoms with Gasteiger partial charge in [-0.2, -0.15) is 0 Å². The molecule has 2 saturated heterocycles. The van der Waals surface area contributed by atoms with Gasteiger partial charge in [-0.15, -0.1) is 0 Å². The zero-order valence-electron chi connectivity index (χ0n) is 23.9. The molecule has 2 heterocycles. The number of rotatable bonds is 14. The molecule has 2 aliphatic heterocycles. The van der Waals surface area contributed by atoms with E-state index in [0.29, 0.717) is 0 Å². The molecular weight excluding hydrogens is 602 g/mol. The van der Waals surface area contributed by atoms with Crippen LogP contribution in [0.1, 0.15) is 27.2 Å². The Morgan fingerprint density at radius 1 is 0.932 bits per heavy atom. The third kappa shape index (κ3) is 9.23. The number of aliphatic hydroxyl groups excluding tert-OH is 6. The van der Waals surface area contributed by atoms with Crippen LogP contribution in [0.2, 0.25) is 0 Å². The molecular formula is C24H39N3O17. The smallest absolute Gasteiger partial charge is 0.364 e. The third-order valence-electron chi connectivity index (χ3n) is 6.84. The summed E-state index contributed by atoms with van der Waals surface area (Å²) < 4.78 is 22.0. The highest BCUT2D eigenvalue weighted by molar-refractivity contribution is 5.82. The van der Waals surface area contributed by atoms with Crippen LogP contribution < -0.4 is 16.0 Å². The van der Waals surface area contributed by atoms with Crippen LogP contribution in [0.4, 0.5) is 0 Å².